The average Bonchev–Trinajstić information content (AvgIpc) is 3.05. The van der Waals surface area contributed by atoms with Gasteiger partial charge < -0.3 is 14.7 Å². The van der Waals surface area contributed by atoms with Crippen LogP contribution in [0.5, 0.6) is 0 Å². The molecule has 1 amide bonds. The number of carbonyl (C=O) groups is 1. The van der Waals surface area contributed by atoms with E-state index in [0.29, 0.717) is 16.0 Å². The normalized spacial score (nSPS) is 12.4. The number of benzene rings is 1. The van der Waals surface area contributed by atoms with Gasteiger partial charge in [-0.3, -0.25) is 4.79 Å². The number of aromatic nitrogens is 2. The van der Waals surface area contributed by atoms with Crippen LogP contribution in [0.25, 0.3) is 11.1 Å². The minimum atomic E-state index is -0.170. The van der Waals surface area contributed by atoms with E-state index in [9.17, 15) is 4.79 Å². The van der Waals surface area contributed by atoms with Crippen LogP contribution in [0.1, 0.15) is 28.3 Å². The molecular weight excluding hydrogens is 294 g/mol. The van der Waals surface area contributed by atoms with Crippen LogP contribution in [0.2, 0.25) is 0 Å². The largest absolute Gasteiger partial charge is 0.429 e. The van der Waals surface area contributed by atoms with Gasteiger partial charge in [0.2, 0.25) is 0 Å². The summed E-state index contributed by atoms with van der Waals surface area (Å²) in [6.07, 6.45) is 1.72. The van der Waals surface area contributed by atoms with Crippen molar-refractivity contribution < 1.29 is 9.21 Å². The highest BCUT2D eigenvalue weighted by molar-refractivity contribution is 7.71. The molecule has 0 radical (unpaired) electrons. The molecule has 1 aromatic carbocycles. The Labute approximate surface area is 123 Å². The molecule has 0 saturated carbocycles. The molecule has 5 nitrogen and oxygen atoms in total. The lowest BCUT2D eigenvalue weighted by molar-refractivity contribution is 0.0940. The Balaban J connectivity index is 1.83. The smallest absolute Gasteiger partial charge is 0.266 e. The summed E-state index contributed by atoms with van der Waals surface area (Å²) in [6, 6.07) is 5.05. The molecule has 1 atom stereocenters. The van der Waals surface area contributed by atoms with Gasteiger partial charge >= 0.3 is 0 Å². The van der Waals surface area contributed by atoms with E-state index in [0.717, 1.165) is 10.5 Å². The number of hydrogen-bond donors (Lipinski definition) is 2. The van der Waals surface area contributed by atoms with Gasteiger partial charge in [-0.25, -0.2) is 4.98 Å². The average molecular weight is 305 g/mol. The fraction of sp³-hybridized carbons (Fsp3) is 0.154. The first-order chi connectivity index (χ1) is 9.63. The highest BCUT2D eigenvalue weighted by Crippen LogP contribution is 2.18. The van der Waals surface area contributed by atoms with Gasteiger partial charge in [-0.05, 0) is 37.3 Å². The Morgan fingerprint density at radius 1 is 1.55 bits per heavy atom. The van der Waals surface area contributed by atoms with E-state index >= 15 is 0 Å². The Bertz CT molecular complexity index is 805. The second-order valence-electron chi connectivity index (χ2n) is 4.29. The van der Waals surface area contributed by atoms with E-state index in [2.05, 4.69) is 15.3 Å². The van der Waals surface area contributed by atoms with Crippen molar-refractivity contribution >= 4 is 40.6 Å². The van der Waals surface area contributed by atoms with Gasteiger partial charge in [-0.2, -0.15) is 0 Å². The highest BCUT2D eigenvalue weighted by atomic mass is 32.1. The van der Waals surface area contributed by atoms with E-state index in [1.54, 1.807) is 24.4 Å². The number of nitrogens with zero attached hydrogens (tertiary/aromatic N) is 1. The first-order valence-electron chi connectivity index (χ1n) is 5.96. The zero-order valence-corrected chi connectivity index (χ0v) is 12.2. The number of fused-ring (bicyclic) bond motifs is 1. The number of rotatable bonds is 3. The first-order valence-corrected chi connectivity index (χ1v) is 7.25. The molecule has 0 bridgehead atoms. The van der Waals surface area contributed by atoms with Gasteiger partial charge in [0.05, 0.1) is 11.6 Å². The number of oxazole rings is 1. The van der Waals surface area contributed by atoms with Crippen LogP contribution in [0.4, 0.5) is 0 Å². The molecule has 2 aromatic heterocycles. The van der Waals surface area contributed by atoms with E-state index in [1.165, 1.54) is 11.3 Å². The molecule has 3 aromatic rings. The van der Waals surface area contributed by atoms with Gasteiger partial charge in [0.1, 0.15) is 5.01 Å². The lowest BCUT2D eigenvalue weighted by Gasteiger charge is -2.10. The molecule has 0 aliphatic rings. The highest BCUT2D eigenvalue weighted by Gasteiger charge is 2.14. The fourth-order valence-corrected chi connectivity index (χ4v) is 2.72. The summed E-state index contributed by atoms with van der Waals surface area (Å²) in [5, 5.41) is 5.66. The van der Waals surface area contributed by atoms with Gasteiger partial charge in [0, 0.05) is 17.1 Å². The fourth-order valence-electron chi connectivity index (χ4n) is 1.88. The Morgan fingerprint density at radius 2 is 2.40 bits per heavy atom. The molecule has 2 N–H and O–H groups in total. The van der Waals surface area contributed by atoms with E-state index in [-0.39, 0.29) is 11.9 Å². The number of aromatic amines is 1. The minimum Gasteiger partial charge on any atom is -0.429 e. The van der Waals surface area contributed by atoms with Crippen molar-refractivity contribution in [3.05, 3.63) is 45.2 Å². The summed E-state index contributed by atoms with van der Waals surface area (Å²) in [4.78, 5) is 19.6. The molecule has 7 heteroatoms. The Kier molecular flexibility index (Phi) is 3.37. The third-order valence-electron chi connectivity index (χ3n) is 2.85. The van der Waals surface area contributed by atoms with Gasteiger partial charge in [0.15, 0.2) is 5.58 Å². The topological polar surface area (TPSA) is 70.9 Å². The van der Waals surface area contributed by atoms with Crippen molar-refractivity contribution in [2.24, 2.45) is 0 Å². The van der Waals surface area contributed by atoms with E-state index in [4.69, 9.17) is 16.6 Å². The van der Waals surface area contributed by atoms with Crippen molar-refractivity contribution in [3.63, 3.8) is 0 Å². The number of hydrogen-bond acceptors (Lipinski definition) is 5. The summed E-state index contributed by atoms with van der Waals surface area (Å²) >= 11 is 6.43. The molecule has 0 saturated heterocycles. The molecular formula is C13H11N3O2S2. The van der Waals surface area contributed by atoms with Crippen LogP contribution in [0.3, 0.4) is 0 Å². The second-order valence-corrected chi connectivity index (χ2v) is 5.59. The lowest BCUT2D eigenvalue weighted by atomic mass is 10.2. The Morgan fingerprint density at radius 3 is 3.15 bits per heavy atom. The summed E-state index contributed by atoms with van der Waals surface area (Å²) in [6.45, 7) is 1.90. The number of amides is 1. The maximum Gasteiger partial charge on any atom is 0.266 e. The molecule has 0 aliphatic heterocycles. The van der Waals surface area contributed by atoms with E-state index < -0.39 is 0 Å². The van der Waals surface area contributed by atoms with Crippen molar-refractivity contribution in [3.8, 4) is 0 Å². The van der Waals surface area contributed by atoms with Crippen molar-refractivity contribution in [2.75, 3.05) is 0 Å². The molecule has 0 aliphatic carbocycles. The number of nitrogens with one attached hydrogen (secondary N) is 2. The Hall–Kier alpha value is -1.99. The maximum absolute atomic E-state index is 12.2. The third kappa shape index (κ3) is 2.50. The molecule has 0 fully saturated rings. The summed E-state index contributed by atoms with van der Waals surface area (Å²) in [5.74, 6) is -0.170. The zero-order valence-electron chi connectivity index (χ0n) is 10.5. The lowest BCUT2D eigenvalue weighted by Crippen LogP contribution is -2.26. The standard InChI is InChI=1S/C13H11N3O2S2/c1-7(12-14-4-5-20-12)15-11(17)8-2-3-9-10(6-8)18-13(19)16-9/h2-7H,1H3,(H,15,17)(H,16,19)/t7-/m0/s1. The van der Waals surface area contributed by atoms with Crippen molar-refractivity contribution in [2.45, 2.75) is 13.0 Å². The molecule has 20 heavy (non-hydrogen) atoms. The quantitative estimate of drug-likeness (QED) is 0.727. The van der Waals surface area contributed by atoms with Crippen LogP contribution in [0, 0.1) is 4.84 Å². The summed E-state index contributed by atoms with van der Waals surface area (Å²) in [7, 11) is 0. The predicted molar refractivity (Wildman–Crippen MR) is 79.4 cm³/mol. The SMILES string of the molecule is C[C@H](NC(=O)c1ccc2[nH]c(=S)oc2c1)c1nccs1. The number of thiazole rings is 1. The third-order valence-corrected chi connectivity index (χ3v) is 4.00. The molecule has 0 unspecified atom stereocenters. The van der Waals surface area contributed by atoms with Crippen molar-refractivity contribution in [1.82, 2.24) is 15.3 Å². The van der Waals surface area contributed by atoms with Crippen LogP contribution in [-0.2, 0) is 0 Å². The molecule has 2 heterocycles. The van der Waals surface area contributed by atoms with E-state index in [1.807, 2.05) is 12.3 Å². The minimum absolute atomic E-state index is 0.129. The first kappa shape index (κ1) is 13.0. The second kappa shape index (κ2) is 5.18. The molecule has 102 valence electrons. The van der Waals surface area contributed by atoms with Gasteiger partial charge in [-0.15, -0.1) is 11.3 Å². The number of carbonyl (C=O) groups excluding carboxylic acids is 1. The zero-order chi connectivity index (χ0) is 14.1. The molecule has 0 spiro atoms. The van der Waals surface area contributed by atoms with Crippen LogP contribution in [0.15, 0.2) is 34.2 Å². The predicted octanol–water partition coefficient (Wildman–Crippen LogP) is 3.44. The summed E-state index contributed by atoms with van der Waals surface area (Å²) < 4.78 is 5.30. The van der Waals surface area contributed by atoms with Crippen LogP contribution >= 0.6 is 23.6 Å². The monoisotopic (exact) mass is 305 g/mol. The number of H-pyrrole nitrogens is 1. The summed E-state index contributed by atoms with van der Waals surface area (Å²) in [5.41, 5.74) is 1.88. The van der Waals surface area contributed by atoms with Crippen LogP contribution < -0.4 is 5.32 Å². The van der Waals surface area contributed by atoms with Gasteiger partial charge in [0.25, 0.3) is 10.7 Å². The van der Waals surface area contributed by atoms with Crippen LogP contribution in [-0.4, -0.2) is 15.9 Å². The molecule has 3 rings (SSSR count). The van der Waals surface area contributed by atoms with Gasteiger partial charge in [-0.1, -0.05) is 0 Å². The maximum atomic E-state index is 12.2. The van der Waals surface area contributed by atoms with Crippen molar-refractivity contribution in [1.29, 1.82) is 0 Å².